The van der Waals surface area contributed by atoms with E-state index in [2.05, 4.69) is 45.1 Å². The summed E-state index contributed by atoms with van der Waals surface area (Å²) in [5, 5.41) is 0. The average Bonchev–Trinajstić information content (AvgIpc) is 2.74. The van der Waals surface area contributed by atoms with Gasteiger partial charge in [-0.2, -0.15) is 0 Å². The number of carbonyl (C=O) groups excluding carboxylic acids is 1. The van der Waals surface area contributed by atoms with Gasteiger partial charge in [0.05, 0.1) is 6.42 Å². The van der Waals surface area contributed by atoms with E-state index in [1.54, 1.807) is 6.20 Å². The normalized spacial score (nSPS) is 29.9. The Hall–Kier alpha value is -2.20. The molecular formula is C24H29N3O. The molecule has 0 unspecified atom stereocenters. The number of rotatable bonds is 3. The molecule has 28 heavy (non-hydrogen) atoms. The molecule has 4 heterocycles. The summed E-state index contributed by atoms with van der Waals surface area (Å²) in [6, 6.07) is 18.0. The Morgan fingerprint density at radius 3 is 2.68 bits per heavy atom. The Balaban J connectivity index is 1.30. The van der Waals surface area contributed by atoms with E-state index in [0.717, 1.165) is 25.3 Å². The number of likely N-dealkylation sites (tertiary alicyclic amines) is 1. The fourth-order valence-corrected chi connectivity index (χ4v) is 5.81. The van der Waals surface area contributed by atoms with Gasteiger partial charge >= 0.3 is 0 Å². The molecule has 0 spiro atoms. The Kier molecular flexibility index (Phi) is 4.89. The molecule has 3 aliphatic rings. The van der Waals surface area contributed by atoms with Crippen LogP contribution in [0.4, 0.5) is 0 Å². The summed E-state index contributed by atoms with van der Waals surface area (Å²) >= 11 is 0. The van der Waals surface area contributed by atoms with Gasteiger partial charge < -0.3 is 4.90 Å². The molecule has 146 valence electrons. The number of amides is 1. The second-order valence-corrected chi connectivity index (χ2v) is 8.78. The number of pyridine rings is 1. The van der Waals surface area contributed by atoms with Gasteiger partial charge in [-0.05, 0) is 55.2 Å². The lowest BCUT2D eigenvalue weighted by molar-refractivity contribution is -0.138. The molecule has 2 bridgehead atoms. The van der Waals surface area contributed by atoms with Crippen LogP contribution >= 0.6 is 0 Å². The van der Waals surface area contributed by atoms with Crippen LogP contribution in [-0.2, 0) is 11.2 Å². The predicted molar refractivity (Wildman–Crippen MR) is 110 cm³/mol. The van der Waals surface area contributed by atoms with E-state index < -0.39 is 0 Å². The van der Waals surface area contributed by atoms with Gasteiger partial charge in [0.1, 0.15) is 0 Å². The van der Waals surface area contributed by atoms with Crippen molar-refractivity contribution < 1.29 is 4.79 Å². The first-order chi connectivity index (χ1) is 13.8. The van der Waals surface area contributed by atoms with E-state index in [0.29, 0.717) is 30.3 Å². The maximum absolute atomic E-state index is 12.9. The van der Waals surface area contributed by atoms with Gasteiger partial charge in [0.2, 0.25) is 5.91 Å². The van der Waals surface area contributed by atoms with Gasteiger partial charge in [-0.15, -0.1) is 0 Å². The number of carbonyl (C=O) groups is 1. The lowest BCUT2D eigenvalue weighted by Gasteiger charge is -2.55. The molecule has 2 aromatic rings. The molecule has 4 atom stereocenters. The lowest BCUT2D eigenvalue weighted by Crippen LogP contribution is -2.60. The molecule has 1 amide bonds. The summed E-state index contributed by atoms with van der Waals surface area (Å²) in [4.78, 5) is 22.2. The third-order valence-electron chi connectivity index (χ3n) is 6.98. The fraction of sp³-hybridized carbons (Fsp3) is 0.500. The third-order valence-corrected chi connectivity index (χ3v) is 6.98. The number of hydrogen-bond donors (Lipinski definition) is 0. The molecule has 3 fully saturated rings. The molecule has 1 aromatic carbocycles. The van der Waals surface area contributed by atoms with Crippen LogP contribution in [0.5, 0.6) is 0 Å². The maximum Gasteiger partial charge on any atom is 0.228 e. The first kappa shape index (κ1) is 17.9. The zero-order valence-electron chi connectivity index (χ0n) is 16.4. The maximum atomic E-state index is 12.9. The zero-order valence-corrected chi connectivity index (χ0v) is 16.4. The first-order valence-corrected chi connectivity index (χ1v) is 10.8. The molecule has 0 aliphatic carbocycles. The van der Waals surface area contributed by atoms with Gasteiger partial charge in [-0.3, -0.25) is 14.7 Å². The fourth-order valence-electron chi connectivity index (χ4n) is 5.81. The monoisotopic (exact) mass is 375 g/mol. The van der Waals surface area contributed by atoms with Gasteiger partial charge in [-0.1, -0.05) is 36.4 Å². The van der Waals surface area contributed by atoms with Crippen molar-refractivity contribution in [3.8, 4) is 0 Å². The highest BCUT2D eigenvalue weighted by molar-refractivity contribution is 5.78. The molecule has 3 saturated heterocycles. The largest absolute Gasteiger partial charge is 0.342 e. The van der Waals surface area contributed by atoms with Gasteiger partial charge in [-0.25, -0.2) is 0 Å². The van der Waals surface area contributed by atoms with Crippen LogP contribution in [0.1, 0.15) is 43.0 Å². The predicted octanol–water partition coefficient (Wildman–Crippen LogP) is 3.70. The standard InChI is InChI=1S/C24H29N3O/c28-24(14-21-9-4-5-12-25-21)26-15-18-13-20(17-26)23-11-6-10-22(27(23)16-18)19-7-2-1-3-8-19/h1-5,7-9,12,18,20,22-23H,6,10-11,13-17H2/t18-,20+,22+,23-/m0/s1. The number of benzene rings is 1. The van der Waals surface area contributed by atoms with Crippen LogP contribution in [0.15, 0.2) is 54.7 Å². The minimum Gasteiger partial charge on any atom is -0.342 e. The molecule has 0 N–H and O–H groups in total. The van der Waals surface area contributed by atoms with Crippen molar-refractivity contribution in [3.05, 3.63) is 66.0 Å². The summed E-state index contributed by atoms with van der Waals surface area (Å²) in [6.07, 6.45) is 7.34. The summed E-state index contributed by atoms with van der Waals surface area (Å²) in [6.45, 7) is 2.96. The van der Waals surface area contributed by atoms with Crippen LogP contribution in [0.2, 0.25) is 0 Å². The van der Waals surface area contributed by atoms with Gasteiger partial charge in [0.25, 0.3) is 0 Å². The molecule has 0 saturated carbocycles. The number of aromatic nitrogens is 1. The van der Waals surface area contributed by atoms with Crippen molar-refractivity contribution in [1.29, 1.82) is 0 Å². The van der Waals surface area contributed by atoms with Crippen LogP contribution in [-0.4, -0.2) is 46.4 Å². The molecule has 4 heteroatoms. The van der Waals surface area contributed by atoms with E-state index >= 15 is 0 Å². The van der Waals surface area contributed by atoms with Crippen LogP contribution in [0.25, 0.3) is 0 Å². The third kappa shape index (κ3) is 3.46. The van der Waals surface area contributed by atoms with Gasteiger partial charge in [0, 0.05) is 43.6 Å². The number of fused-ring (bicyclic) bond motifs is 4. The van der Waals surface area contributed by atoms with E-state index in [9.17, 15) is 4.79 Å². The summed E-state index contributed by atoms with van der Waals surface area (Å²) in [5.41, 5.74) is 2.35. The summed E-state index contributed by atoms with van der Waals surface area (Å²) in [5.74, 6) is 1.47. The highest BCUT2D eigenvalue weighted by Gasteiger charge is 2.45. The molecule has 4 nitrogen and oxygen atoms in total. The van der Waals surface area contributed by atoms with E-state index in [1.807, 2.05) is 18.2 Å². The Morgan fingerprint density at radius 1 is 1.00 bits per heavy atom. The first-order valence-electron chi connectivity index (χ1n) is 10.8. The van der Waals surface area contributed by atoms with Crippen LogP contribution < -0.4 is 0 Å². The Labute approximate surface area is 167 Å². The van der Waals surface area contributed by atoms with Crippen molar-refractivity contribution in [2.45, 2.75) is 44.2 Å². The molecular weight excluding hydrogens is 346 g/mol. The van der Waals surface area contributed by atoms with E-state index in [4.69, 9.17) is 0 Å². The molecule has 1 aromatic heterocycles. The van der Waals surface area contributed by atoms with Crippen molar-refractivity contribution in [3.63, 3.8) is 0 Å². The topological polar surface area (TPSA) is 36.4 Å². The van der Waals surface area contributed by atoms with Crippen molar-refractivity contribution in [2.75, 3.05) is 19.6 Å². The number of nitrogens with zero attached hydrogens (tertiary/aromatic N) is 3. The second kappa shape index (κ2) is 7.67. The minimum atomic E-state index is 0.247. The number of hydrogen-bond acceptors (Lipinski definition) is 3. The molecule has 5 rings (SSSR count). The quantitative estimate of drug-likeness (QED) is 0.821. The Morgan fingerprint density at radius 2 is 1.86 bits per heavy atom. The zero-order chi connectivity index (χ0) is 18.9. The van der Waals surface area contributed by atoms with Crippen molar-refractivity contribution >= 4 is 5.91 Å². The van der Waals surface area contributed by atoms with Crippen LogP contribution in [0, 0.1) is 11.8 Å². The molecule has 0 radical (unpaired) electrons. The van der Waals surface area contributed by atoms with Crippen LogP contribution in [0.3, 0.4) is 0 Å². The van der Waals surface area contributed by atoms with E-state index in [1.165, 1.54) is 31.2 Å². The van der Waals surface area contributed by atoms with Crippen molar-refractivity contribution in [1.82, 2.24) is 14.8 Å². The average molecular weight is 376 g/mol. The smallest absolute Gasteiger partial charge is 0.228 e. The highest BCUT2D eigenvalue weighted by Crippen LogP contribution is 2.44. The summed E-state index contributed by atoms with van der Waals surface area (Å²) < 4.78 is 0. The lowest BCUT2D eigenvalue weighted by atomic mass is 9.74. The van der Waals surface area contributed by atoms with Crippen molar-refractivity contribution in [2.24, 2.45) is 11.8 Å². The SMILES string of the molecule is O=C(Cc1ccccn1)N1C[C@@H]2C[C@H](C1)[C@@H]1CCC[C@H](c3ccccc3)N1C2. The minimum absolute atomic E-state index is 0.247. The summed E-state index contributed by atoms with van der Waals surface area (Å²) in [7, 11) is 0. The second-order valence-electron chi connectivity index (χ2n) is 8.78. The van der Waals surface area contributed by atoms with E-state index in [-0.39, 0.29) is 5.91 Å². The Bertz CT molecular complexity index is 809. The highest BCUT2D eigenvalue weighted by atomic mass is 16.2. The molecule has 3 aliphatic heterocycles. The van der Waals surface area contributed by atoms with Gasteiger partial charge in [0.15, 0.2) is 0 Å². The number of piperidine rings is 3.